The minimum atomic E-state index is -0.665. The Morgan fingerprint density at radius 3 is 2.77 bits per heavy atom. The van der Waals surface area contributed by atoms with Gasteiger partial charge in [0.2, 0.25) is 0 Å². The normalized spacial score (nSPS) is 15.3. The maximum Gasteiger partial charge on any atom is 0.338 e. The predicted molar refractivity (Wildman–Crippen MR) is 133 cm³/mol. The van der Waals surface area contributed by atoms with Crippen molar-refractivity contribution in [1.29, 1.82) is 5.26 Å². The monoisotopic (exact) mass is 490 g/mol. The molecule has 3 aromatic rings. The van der Waals surface area contributed by atoms with Gasteiger partial charge in [-0.25, -0.2) is 9.78 Å². The molecular formula is C26H26N4O4S. The Morgan fingerprint density at radius 1 is 1.11 bits per heavy atom. The molecule has 35 heavy (non-hydrogen) atoms. The van der Waals surface area contributed by atoms with E-state index in [-0.39, 0.29) is 11.1 Å². The number of amides is 1. The average Bonchev–Trinajstić information content (AvgIpc) is 3.03. The lowest BCUT2D eigenvalue weighted by Crippen LogP contribution is -2.25. The van der Waals surface area contributed by atoms with Crippen LogP contribution in [0.4, 0.5) is 5.00 Å². The topological polar surface area (TPSA) is 114 Å². The summed E-state index contributed by atoms with van der Waals surface area (Å²) < 4.78 is 6.96. The molecular weight excluding hydrogens is 464 g/mol. The van der Waals surface area contributed by atoms with Gasteiger partial charge in [-0.2, -0.15) is 5.26 Å². The van der Waals surface area contributed by atoms with Crippen LogP contribution in [-0.2, 0) is 35.3 Å². The van der Waals surface area contributed by atoms with Crippen LogP contribution < -0.4 is 10.9 Å². The minimum absolute atomic E-state index is 0.0890. The number of fused-ring (bicyclic) bond motifs is 3. The van der Waals surface area contributed by atoms with Crippen LogP contribution in [0.2, 0.25) is 0 Å². The van der Waals surface area contributed by atoms with Gasteiger partial charge in [0.25, 0.3) is 11.5 Å². The van der Waals surface area contributed by atoms with Crippen molar-refractivity contribution < 1.29 is 14.3 Å². The van der Waals surface area contributed by atoms with Crippen molar-refractivity contribution in [3.05, 3.63) is 55.9 Å². The second kappa shape index (κ2) is 10.0. The number of anilines is 1. The summed E-state index contributed by atoms with van der Waals surface area (Å²) in [6.07, 6.45) is 8.76. The third kappa shape index (κ3) is 4.71. The lowest BCUT2D eigenvalue weighted by atomic mass is 10.1. The Kier molecular flexibility index (Phi) is 6.64. The largest absolute Gasteiger partial charge is 0.452 e. The van der Waals surface area contributed by atoms with Crippen molar-refractivity contribution in [1.82, 2.24) is 9.55 Å². The average molecular weight is 491 g/mol. The number of hydrogen-bond acceptors (Lipinski definition) is 7. The molecule has 0 spiro atoms. The summed E-state index contributed by atoms with van der Waals surface area (Å²) >= 11 is 1.44. The molecule has 0 saturated heterocycles. The van der Waals surface area contributed by atoms with Gasteiger partial charge in [0.15, 0.2) is 6.61 Å². The van der Waals surface area contributed by atoms with Gasteiger partial charge >= 0.3 is 5.97 Å². The summed E-state index contributed by atoms with van der Waals surface area (Å²) in [5.74, 6) is -0.414. The maximum atomic E-state index is 12.9. The van der Waals surface area contributed by atoms with E-state index in [1.807, 2.05) is 0 Å². The van der Waals surface area contributed by atoms with E-state index in [0.29, 0.717) is 28.0 Å². The minimum Gasteiger partial charge on any atom is -0.452 e. The third-order valence-corrected chi connectivity index (χ3v) is 7.88. The Morgan fingerprint density at radius 2 is 1.91 bits per heavy atom. The van der Waals surface area contributed by atoms with Crippen molar-refractivity contribution >= 4 is 39.1 Å². The molecule has 0 saturated carbocycles. The Bertz CT molecular complexity index is 1420. The summed E-state index contributed by atoms with van der Waals surface area (Å²) in [4.78, 5) is 43.8. The molecule has 1 N–H and O–H groups in total. The van der Waals surface area contributed by atoms with Crippen LogP contribution >= 0.6 is 11.3 Å². The Labute approximate surface area is 206 Å². The fraction of sp³-hybridized carbons (Fsp3) is 0.423. The number of nitrogens with zero attached hydrogens (tertiary/aromatic N) is 3. The fourth-order valence-corrected chi connectivity index (χ4v) is 6.13. The van der Waals surface area contributed by atoms with E-state index in [4.69, 9.17) is 4.74 Å². The quantitative estimate of drug-likeness (QED) is 0.435. The van der Waals surface area contributed by atoms with E-state index in [9.17, 15) is 19.6 Å². The number of aromatic nitrogens is 2. The summed E-state index contributed by atoms with van der Waals surface area (Å²) in [7, 11) is 0. The number of nitriles is 1. The summed E-state index contributed by atoms with van der Waals surface area (Å²) in [6, 6.07) is 6.90. The van der Waals surface area contributed by atoms with Crippen LogP contribution in [0.3, 0.4) is 0 Å². The van der Waals surface area contributed by atoms with Crippen molar-refractivity contribution in [2.75, 3.05) is 11.9 Å². The molecule has 1 aromatic carbocycles. The van der Waals surface area contributed by atoms with Crippen LogP contribution in [0.5, 0.6) is 0 Å². The molecule has 1 amide bonds. The molecule has 2 aromatic heterocycles. The van der Waals surface area contributed by atoms with Crippen LogP contribution in [0.25, 0.3) is 10.9 Å². The van der Waals surface area contributed by atoms with Gasteiger partial charge in [-0.05, 0) is 62.3 Å². The number of benzene rings is 1. The summed E-state index contributed by atoms with van der Waals surface area (Å²) in [6.45, 7) is 0.196. The highest BCUT2D eigenvalue weighted by Crippen LogP contribution is 2.36. The number of thiophene rings is 1. The highest BCUT2D eigenvalue weighted by atomic mass is 32.1. The van der Waals surface area contributed by atoms with Gasteiger partial charge in [-0.15, -0.1) is 11.3 Å². The lowest BCUT2D eigenvalue weighted by molar-refractivity contribution is -0.119. The Balaban J connectivity index is 1.28. The molecule has 8 nitrogen and oxygen atoms in total. The smallest absolute Gasteiger partial charge is 0.338 e. The first kappa shape index (κ1) is 23.2. The molecule has 0 fully saturated rings. The highest BCUT2D eigenvalue weighted by molar-refractivity contribution is 7.16. The van der Waals surface area contributed by atoms with E-state index >= 15 is 0 Å². The van der Waals surface area contributed by atoms with E-state index < -0.39 is 18.5 Å². The lowest BCUT2D eigenvalue weighted by Gasteiger charge is -2.11. The molecule has 3 heterocycles. The van der Waals surface area contributed by atoms with Gasteiger partial charge < -0.3 is 10.1 Å². The van der Waals surface area contributed by atoms with Crippen LogP contribution in [-0.4, -0.2) is 28.0 Å². The van der Waals surface area contributed by atoms with Gasteiger partial charge in [0.05, 0.1) is 22.0 Å². The van der Waals surface area contributed by atoms with E-state index in [2.05, 4.69) is 16.4 Å². The standard InChI is InChI=1S/C26H26N4O4S/c27-14-19-17-7-3-1-4-8-21(17)35-24(19)29-23(31)15-34-26(33)16-10-11-18-20(13-16)28-22-9-5-2-6-12-30(22)25(18)32/h10-11,13H,1-9,12,15H2,(H,29,31). The predicted octanol–water partition coefficient (Wildman–Crippen LogP) is 4.12. The number of carbonyl (C=O) groups is 2. The van der Waals surface area contributed by atoms with Crippen LogP contribution in [0.1, 0.15) is 70.7 Å². The zero-order valence-corrected chi connectivity index (χ0v) is 20.2. The first-order chi connectivity index (χ1) is 17.0. The molecule has 0 atom stereocenters. The van der Waals surface area contributed by atoms with E-state index in [1.54, 1.807) is 16.7 Å². The van der Waals surface area contributed by atoms with Crippen LogP contribution in [0.15, 0.2) is 23.0 Å². The molecule has 5 rings (SSSR count). The first-order valence-corrected chi connectivity index (χ1v) is 12.9. The molecule has 1 aliphatic heterocycles. The van der Waals surface area contributed by atoms with Gasteiger partial charge in [0, 0.05) is 17.8 Å². The number of nitrogens with one attached hydrogen (secondary N) is 1. The number of aryl methyl sites for hydroxylation is 2. The first-order valence-electron chi connectivity index (χ1n) is 12.1. The van der Waals surface area contributed by atoms with Gasteiger partial charge in [-0.3, -0.25) is 14.2 Å². The van der Waals surface area contributed by atoms with Gasteiger partial charge in [0.1, 0.15) is 16.9 Å². The molecule has 9 heteroatoms. The third-order valence-electron chi connectivity index (χ3n) is 6.67. The van der Waals surface area contributed by atoms with Crippen molar-refractivity contribution in [2.24, 2.45) is 0 Å². The Hall–Kier alpha value is -3.51. The number of ether oxygens (including phenoxy) is 1. The van der Waals surface area contributed by atoms with Crippen molar-refractivity contribution in [3.63, 3.8) is 0 Å². The summed E-state index contributed by atoms with van der Waals surface area (Å²) in [5, 5.41) is 13.4. The molecule has 0 unspecified atom stereocenters. The molecule has 2 aliphatic rings. The van der Waals surface area contributed by atoms with E-state index in [1.165, 1.54) is 17.4 Å². The number of rotatable bonds is 4. The fourth-order valence-electron chi connectivity index (χ4n) is 4.87. The van der Waals surface area contributed by atoms with Crippen molar-refractivity contribution in [3.8, 4) is 6.07 Å². The number of esters is 1. The zero-order chi connectivity index (χ0) is 24.4. The molecule has 180 valence electrons. The molecule has 0 bridgehead atoms. The number of carbonyl (C=O) groups excluding carboxylic acids is 2. The van der Waals surface area contributed by atoms with E-state index in [0.717, 1.165) is 74.1 Å². The second-order valence-corrected chi connectivity index (χ2v) is 10.1. The molecule has 0 radical (unpaired) electrons. The summed E-state index contributed by atoms with van der Waals surface area (Å²) in [5.41, 5.74) is 2.17. The maximum absolute atomic E-state index is 12.9. The molecule has 1 aliphatic carbocycles. The SMILES string of the molecule is N#Cc1c(NC(=O)COC(=O)c2ccc3c(=O)n4c(nc3c2)CCCCC4)sc2c1CCCCC2. The van der Waals surface area contributed by atoms with Crippen LogP contribution in [0, 0.1) is 11.3 Å². The zero-order valence-electron chi connectivity index (χ0n) is 19.4. The highest BCUT2D eigenvalue weighted by Gasteiger charge is 2.22. The second-order valence-electron chi connectivity index (χ2n) is 9.03. The van der Waals surface area contributed by atoms with Gasteiger partial charge in [-0.1, -0.05) is 12.8 Å². The number of hydrogen-bond donors (Lipinski definition) is 1. The van der Waals surface area contributed by atoms with Crippen molar-refractivity contribution in [2.45, 2.75) is 64.3 Å².